The van der Waals surface area contributed by atoms with Gasteiger partial charge in [-0.1, -0.05) is 27.2 Å². The molecule has 0 amide bonds. The lowest BCUT2D eigenvalue weighted by molar-refractivity contribution is 0.458. The molecule has 0 bridgehead atoms. The first-order chi connectivity index (χ1) is 8.35. The summed E-state index contributed by atoms with van der Waals surface area (Å²) in [6, 6.07) is 0.227. The monoisotopic (exact) mass is 297 g/mol. The molecule has 3 unspecified atom stereocenters. The first-order valence-electron chi connectivity index (χ1n) is 6.63. The Hall–Kier alpha value is 0.0600. The lowest BCUT2D eigenvalue weighted by Gasteiger charge is -2.26. The summed E-state index contributed by atoms with van der Waals surface area (Å²) in [6.07, 6.45) is 4.03. The SMILES string of the molecule is CCCC(NCC)C(CC)S(=O)CCS(C)(=O)=O. The molecule has 0 aromatic rings. The van der Waals surface area contributed by atoms with Crippen LogP contribution in [-0.2, 0) is 20.6 Å². The molecule has 0 fully saturated rings. The average molecular weight is 297 g/mol. The fourth-order valence-electron chi connectivity index (χ4n) is 2.03. The van der Waals surface area contributed by atoms with E-state index < -0.39 is 20.6 Å². The van der Waals surface area contributed by atoms with Crippen molar-refractivity contribution in [1.29, 1.82) is 0 Å². The van der Waals surface area contributed by atoms with Crippen LogP contribution < -0.4 is 5.32 Å². The van der Waals surface area contributed by atoms with Gasteiger partial charge in [0.05, 0.1) is 5.75 Å². The van der Waals surface area contributed by atoms with E-state index in [-0.39, 0.29) is 22.8 Å². The summed E-state index contributed by atoms with van der Waals surface area (Å²) in [4.78, 5) is 0. The molecular formula is C12H27NO3S2. The fourth-order valence-corrected chi connectivity index (χ4v) is 5.17. The molecule has 1 N–H and O–H groups in total. The summed E-state index contributed by atoms with van der Waals surface area (Å²) in [5.74, 6) is 0.268. The molecule has 4 nitrogen and oxygen atoms in total. The minimum atomic E-state index is -3.02. The van der Waals surface area contributed by atoms with Crippen molar-refractivity contribution in [2.75, 3.05) is 24.3 Å². The fraction of sp³-hybridized carbons (Fsp3) is 1.00. The Kier molecular flexibility index (Phi) is 9.07. The predicted octanol–water partition coefficient (Wildman–Crippen LogP) is 1.34. The standard InChI is InChI=1S/C12H27NO3S2/c1-5-8-11(13-7-3)12(6-2)17(14)9-10-18(4,15)16/h11-13H,5-10H2,1-4H3. The number of nitrogens with one attached hydrogen (secondary N) is 1. The average Bonchev–Trinajstić information content (AvgIpc) is 2.27. The summed E-state index contributed by atoms with van der Waals surface area (Å²) < 4.78 is 34.5. The van der Waals surface area contributed by atoms with Gasteiger partial charge in [0.25, 0.3) is 0 Å². The molecule has 0 rings (SSSR count). The minimum absolute atomic E-state index is 0.0150. The van der Waals surface area contributed by atoms with Crippen molar-refractivity contribution in [2.24, 2.45) is 0 Å². The van der Waals surface area contributed by atoms with Crippen molar-refractivity contribution in [3.8, 4) is 0 Å². The van der Waals surface area contributed by atoms with Crippen molar-refractivity contribution in [3.05, 3.63) is 0 Å². The van der Waals surface area contributed by atoms with Crippen molar-refractivity contribution in [1.82, 2.24) is 5.32 Å². The molecule has 0 aliphatic carbocycles. The number of sulfone groups is 1. The first kappa shape index (κ1) is 18.1. The number of hydrogen-bond donors (Lipinski definition) is 1. The Morgan fingerprint density at radius 2 is 1.83 bits per heavy atom. The molecule has 6 heteroatoms. The van der Waals surface area contributed by atoms with Crippen LogP contribution in [0.3, 0.4) is 0 Å². The summed E-state index contributed by atoms with van der Waals surface area (Å²) in [6.45, 7) is 7.01. The third kappa shape index (κ3) is 7.48. The van der Waals surface area contributed by atoms with Gasteiger partial charge < -0.3 is 5.32 Å². The highest BCUT2D eigenvalue weighted by Gasteiger charge is 2.24. The van der Waals surface area contributed by atoms with Crippen LogP contribution in [0.4, 0.5) is 0 Å². The Labute approximate surface area is 114 Å². The van der Waals surface area contributed by atoms with Crippen LogP contribution in [0, 0.1) is 0 Å². The summed E-state index contributed by atoms with van der Waals surface area (Å²) in [5.41, 5.74) is 0. The molecule has 0 aromatic carbocycles. The molecule has 0 spiro atoms. The highest BCUT2D eigenvalue weighted by molar-refractivity contribution is 7.92. The van der Waals surface area contributed by atoms with Gasteiger partial charge in [-0.05, 0) is 19.4 Å². The lowest BCUT2D eigenvalue weighted by Crippen LogP contribution is -2.43. The van der Waals surface area contributed by atoms with Crippen LogP contribution in [-0.4, -0.2) is 48.2 Å². The van der Waals surface area contributed by atoms with Gasteiger partial charge in [0, 0.05) is 34.1 Å². The summed E-state index contributed by atoms with van der Waals surface area (Å²) >= 11 is 0. The topological polar surface area (TPSA) is 63.2 Å². The second-order valence-corrected chi connectivity index (χ2v) is 8.65. The van der Waals surface area contributed by atoms with Crippen LogP contribution in [0.25, 0.3) is 0 Å². The maximum atomic E-state index is 12.2. The van der Waals surface area contributed by atoms with Crippen molar-refractivity contribution >= 4 is 20.6 Å². The van der Waals surface area contributed by atoms with E-state index in [9.17, 15) is 12.6 Å². The minimum Gasteiger partial charge on any atom is -0.313 e. The van der Waals surface area contributed by atoms with Crippen LogP contribution in [0.1, 0.15) is 40.0 Å². The normalized spacial score (nSPS) is 17.3. The molecule has 0 saturated heterocycles. The first-order valence-corrected chi connectivity index (χ1v) is 10.1. The van der Waals surface area contributed by atoms with E-state index in [1.807, 2.05) is 13.8 Å². The van der Waals surface area contributed by atoms with Gasteiger partial charge in [-0.2, -0.15) is 0 Å². The van der Waals surface area contributed by atoms with E-state index in [1.165, 1.54) is 6.26 Å². The zero-order chi connectivity index (χ0) is 14.2. The van der Waals surface area contributed by atoms with Gasteiger partial charge >= 0.3 is 0 Å². The number of rotatable bonds is 10. The molecule has 0 aliphatic rings. The van der Waals surface area contributed by atoms with Gasteiger partial charge in [0.1, 0.15) is 9.84 Å². The molecule has 0 radical (unpaired) electrons. The van der Waals surface area contributed by atoms with Crippen molar-refractivity contribution in [3.63, 3.8) is 0 Å². The molecule has 110 valence electrons. The quantitative estimate of drug-likeness (QED) is 0.661. The Bertz CT molecular complexity index is 335. The molecule has 0 heterocycles. The van der Waals surface area contributed by atoms with Crippen molar-refractivity contribution in [2.45, 2.75) is 51.3 Å². The van der Waals surface area contributed by atoms with E-state index in [0.29, 0.717) is 0 Å². The molecule has 18 heavy (non-hydrogen) atoms. The van der Waals surface area contributed by atoms with Gasteiger partial charge in [0.2, 0.25) is 0 Å². The largest absolute Gasteiger partial charge is 0.313 e. The molecular weight excluding hydrogens is 270 g/mol. The van der Waals surface area contributed by atoms with E-state index in [1.54, 1.807) is 0 Å². The van der Waals surface area contributed by atoms with Crippen LogP contribution in [0.2, 0.25) is 0 Å². The highest BCUT2D eigenvalue weighted by Crippen LogP contribution is 2.13. The lowest BCUT2D eigenvalue weighted by atomic mass is 10.1. The Morgan fingerprint density at radius 1 is 1.22 bits per heavy atom. The smallest absolute Gasteiger partial charge is 0.148 e. The Balaban J connectivity index is 4.56. The molecule has 3 atom stereocenters. The van der Waals surface area contributed by atoms with Gasteiger partial charge in [-0.15, -0.1) is 0 Å². The third-order valence-corrected chi connectivity index (χ3v) is 6.06. The van der Waals surface area contributed by atoms with Crippen LogP contribution in [0.5, 0.6) is 0 Å². The summed E-state index contributed by atoms with van der Waals surface area (Å²) in [5, 5.41) is 3.42. The van der Waals surface area contributed by atoms with E-state index in [4.69, 9.17) is 0 Å². The highest BCUT2D eigenvalue weighted by atomic mass is 32.2. The molecule has 0 saturated carbocycles. The van der Waals surface area contributed by atoms with Crippen molar-refractivity contribution < 1.29 is 12.6 Å². The summed E-state index contributed by atoms with van der Waals surface area (Å²) in [7, 11) is -4.10. The Morgan fingerprint density at radius 3 is 2.22 bits per heavy atom. The van der Waals surface area contributed by atoms with E-state index in [2.05, 4.69) is 12.2 Å². The second kappa shape index (κ2) is 9.04. The molecule has 0 aliphatic heterocycles. The van der Waals surface area contributed by atoms with Gasteiger partial charge in [-0.25, -0.2) is 8.42 Å². The zero-order valence-electron chi connectivity index (χ0n) is 11.9. The maximum absolute atomic E-state index is 12.2. The number of hydrogen-bond acceptors (Lipinski definition) is 4. The predicted molar refractivity (Wildman–Crippen MR) is 79.2 cm³/mol. The third-order valence-electron chi connectivity index (χ3n) is 2.91. The van der Waals surface area contributed by atoms with Gasteiger partial charge in [0.15, 0.2) is 0 Å². The van der Waals surface area contributed by atoms with Gasteiger partial charge in [-0.3, -0.25) is 4.21 Å². The zero-order valence-corrected chi connectivity index (χ0v) is 13.6. The molecule has 0 aromatic heterocycles. The van der Waals surface area contributed by atoms with E-state index in [0.717, 1.165) is 25.8 Å². The van der Waals surface area contributed by atoms with Crippen LogP contribution in [0.15, 0.2) is 0 Å². The second-order valence-electron chi connectivity index (χ2n) is 4.61. The van der Waals surface area contributed by atoms with E-state index >= 15 is 0 Å². The maximum Gasteiger partial charge on any atom is 0.148 e. The van der Waals surface area contributed by atoms with Crippen LogP contribution >= 0.6 is 0 Å².